The Bertz CT molecular complexity index is 802. The van der Waals surface area contributed by atoms with Gasteiger partial charge in [-0.1, -0.05) is 19.1 Å². The predicted octanol–water partition coefficient (Wildman–Crippen LogP) is 3.11. The van der Waals surface area contributed by atoms with Gasteiger partial charge in [-0.3, -0.25) is 14.9 Å². The van der Waals surface area contributed by atoms with E-state index >= 15 is 0 Å². The number of carbonyl (C=O) groups is 2. The first-order chi connectivity index (χ1) is 12.9. The Balaban J connectivity index is 1.80. The van der Waals surface area contributed by atoms with Crippen LogP contribution in [0.4, 0.5) is 11.4 Å². The summed E-state index contributed by atoms with van der Waals surface area (Å²) in [5, 5.41) is 13.1. The summed E-state index contributed by atoms with van der Waals surface area (Å²) in [6.07, 6.45) is -0.136. The van der Waals surface area contributed by atoms with E-state index in [4.69, 9.17) is 9.47 Å². The van der Waals surface area contributed by atoms with Gasteiger partial charge in [-0.05, 0) is 43.2 Å². The Morgan fingerprint density at radius 3 is 2.30 bits per heavy atom. The predicted molar refractivity (Wildman–Crippen MR) is 98.6 cm³/mol. The molecule has 0 radical (unpaired) electrons. The van der Waals surface area contributed by atoms with E-state index in [9.17, 15) is 19.7 Å². The van der Waals surface area contributed by atoms with E-state index in [-0.39, 0.29) is 12.3 Å². The fraction of sp³-hybridized carbons (Fsp3) is 0.263. The van der Waals surface area contributed by atoms with Crippen molar-refractivity contribution in [1.29, 1.82) is 0 Å². The molecule has 2 aromatic rings. The zero-order valence-corrected chi connectivity index (χ0v) is 15.0. The minimum absolute atomic E-state index is 0.0865. The topological polar surface area (TPSA) is 108 Å². The first-order valence-corrected chi connectivity index (χ1v) is 8.35. The quantitative estimate of drug-likeness (QED) is 0.433. The van der Waals surface area contributed by atoms with E-state index in [0.29, 0.717) is 11.4 Å². The monoisotopic (exact) mass is 372 g/mol. The van der Waals surface area contributed by atoms with Crippen LogP contribution in [0.25, 0.3) is 0 Å². The number of rotatable bonds is 8. The number of hydrogen-bond donors (Lipinski definition) is 1. The maximum Gasteiger partial charge on any atom is 0.344 e. The van der Waals surface area contributed by atoms with Gasteiger partial charge in [0.25, 0.3) is 11.6 Å². The fourth-order valence-corrected chi connectivity index (χ4v) is 2.16. The highest BCUT2D eigenvalue weighted by Crippen LogP contribution is 2.16. The van der Waals surface area contributed by atoms with Crippen LogP contribution in [-0.4, -0.2) is 29.5 Å². The van der Waals surface area contributed by atoms with Crippen LogP contribution in [0, 0.1) is 10.1 Å². The van der Waals surface area contributed by atoms with Crippen molar-refractivity contribution in [2.75, 3.05) is 11.9 Å². The Morgan fingerprint density at radius 1 is 1.11 bits per heavy atom. The molecule has 8 nitrogen and oxygen atoms in total. The van der Waals surface area contributed by atoms with Crippen LogP contribution in [-0.2, 0) is 20.7 Å². The molecular weight excluding hydrogens is 352 g/mol. The van der Waals surface area contributed by atoms with E-state index in [1.165, 1.54) is 31.2 Å². The first-order valence-electron chi connectivity index (χ1n) is 8.35. The number of non-ortho nitro benzene ring substituents is 1. The highest BCUT2D eigenvalue weighted by molar-refractivity contribution is 5.95. The molecule has 0 aliphatic rings. The number of nitro groups is 1. The van der Waals surface area contributed by atoms with Gasteiger partial charge in [-0.2, -0.15) is 0 Å². The summed E-state index contributed by atoms with van der Waals surface area (Å²) in [4.78, 5) is 33.9. The van der Waals surface area contributed by atoms with Gasteiger partial charge in [-0.25, -0.2) is 4.79 Å². The lowest BCUT2D eigenvalue weighted by atomic mass is 10.2. The van der Waals surface area contributed by atoms with Gasteiger partial charge in [0.1, 0.15) is 5.75 Å². The number of esters is 1. The average molecular weight is 372 g/mol. The number of hydrogen-bond acceptors (Lipinski definition) is 6. The molecule has 1 amide bonds. The third-order valence-corrected chi connectivity index (χ3v) is 3.71. The normalized spacial score (nSPS) is 11.3. The van der Waals surface area contributed by atoms with Crippen molar-refractivity contribution in [3.05, 3.63) is 64.2 Å². The highest BCUT2D eigenvalue weighted by Gasteiger charge is 2.18. The molecule has 0 fully saturated rings. The summed E-state index contributed by atoms with van der Waals surface area (Å²) in [5.74, 6) is -0.697. The summed E-state index contributed by atoms with van der Waals surface area (Å²) >= 11 is 0. The molecule has 8 heteroatoms. The number of benzene rings is 2. The summed E-state index contributed by atoms with van der Waals surface area (Å²) in [7, 11) is 0. The molecule has 142 valence electrons. The Morgan fingerprint density at radius 2 is 1.74 bits per heavy atom. The summed E-state index contributed by atoms with van der Waals surface area (Å²) < 4.78 is 10.4. The summed E-state index contributed by atoms with van der Waals surface area (Å²) in [5.41, 5.74) is 1.43. The first kappa shape index (κ1) is 19.9. The van der Waals surface area contributed by atoms with Gasteiger partial charge < -0.3 is 14.8 Å². The molecular formula is C19H20N2O6. The summed E-state index contributed by atoms with van der Waals surface area (Å²) in [6, 6.07) is 12.7. The number of aryl methyl sites for hydroxylation is 1. The van der Waals surface area contributed by atoms with Crippen LogP contribution in [0.5, 0.6) is 5.75 Å². The Kier molecular flexibility index (Phi) is 6.87. The number of carbonyl (C=O) groups excluding carboxylic acids is 2. The molecule has 0 heterocycles. The second kappa shape index (κ2) is 9.33. The van der Waals surface area contributed by atoms with Gasteiger partial charge >= 0.3 is 5.97 Å². The highest BCUT2D eigenvalue weighted by atomic mass is 16.6. The van der Waals surface area contributed by atoms with E-state index in [0.717, 1.165) is 12.0 Å². The third-order valence-electron chi connectivity index (χ3n) is 3.71. The average Bonchev–Trinajstić information content (AvgIpc) is 2.67. The zero-order valence-electron chi connectivity index (χ0n) is 15.0. The van der Waals surface area contributed by atoms with Crippen molar-refractivity contribution in [2.45, 2.75) is 26.4 Å². The molecule has 0 aliphatic heterocycles. The van der Waals surface area contributed by atoms with Crippen molar-refractivity contribution >= 4 is 23.3 Å². The van der Waals surface area contributed by atoms with Crippen molar-refractivity contribution in [1.82, 2.24) is 0 Å². The largest absolute Gasteiger partial charge is 0.482 e. The number of nitrogens with zero attached hydrogens (tertiary/aromatic N) is 1. The lowest BCUT2D eigenvalue weighted by Crippen LogP contribution is -2.31. The SMILES string of the molecule is CCc1ccc(OCC(=O)OC(C)C(=O)Nc2ccc([N+](=O)[O-])cc2)cc1. The summed E-state index contributed by atoms with van der Waals surface area (Å²) in [6.45, 7) is 3.14. The van der Waals surface area contributed by atoms with Gasteiger partial charge in [0.15, 0.2) is 12.7 Å². The standard InChI is InChI=1S/C19H20N2O6/c1-3-14-4-10-17(11-5-14)26-12-18(22)27-13(2)19(23)20-15-6-8-16(9-7-15)21(24)25/h4-11,13H,3,12H2,1-2H3,(H,20,23). The van der Waals surface area contributed by atoms with Gasteiger partial charge in [0, 0.05) is 17.8 Å². The van der Waals surface area contributed by atoms with Crippen molar-refractivity contribution < 1.29 is 24.0 Å². The maximum absolute atomic E-state index is 12.0. The molecule has 27 heavy (non-hydrogen) atoms. The molecule has 0 spiro atoms. The molecule has 1 unspecified atom stereocenters. The minimum Gasteiger partial charge on any atom is -0.482 e. The van der Waals surface area contributed by atoms with Crippen LogP contribution in [0.2, 0.25) is 0 Å². The lowest BCUT2D eigenvalue weighted by Gasteiger charge is -2.14. The number of nitrogens with one attached hydrogen (secondary N) is 1. The van der Waals surface area contributed by atoms with E-state index in [1.54, 1.807) is 12.1 Å². The molecule has 1 atom stereocenters. The van der Waals surface area contributed by atoms with E-state index in [1.807, 2.05) is 19.1 Å². The van der Waals surface area contributed by atoms with Crippen molar-refractivity contribution in [2.24, 2.45) is 0 Å². The van der Waals surface area contributed by atoms with Crippen LogP contribution >= 0.6 is 0 Å². The zero-order chi connectivity index (χ0) is 19.8. The van der Waals surface area contributed by atoms with Gasteiger partial charge in [0.05, 0.1) is 4.92 Å². The van der Waals surface area contributed by atoms with Crippen LogP contribution in [0.1, 0.15) is 19.4 Å². The minimum atomic E-state index is -1.04. The molecule has 0 aliphatic carbocycles. The number of ether oxygens (including phenoxy) is 2. The fourth-order valence-electron chi connectivity index (χ4n) is 2.16. The Hall–Kier alpha value is -3.42. The lowest BCUT2D eigenvalue weighted by molar-refractivity contribution is -0.384. The van der Waals surface area contributed by atoms with Crippen LogP contribution in [0.3, 0.4) is 0 Å². The Labute approximate surface area is 156 Å². The molecule has 0 saturated carbocycles. The van der Waals surface area contributed by atoms with E-state index in [2.05, 4.69) is 5.32 Å². The van der Waals surface area contributed by atoms with Crippen LogP contribution < -0.4 is 10.1 Å². The molecule has 1 N–H and O–H groups in total. The molecule has 0 saturated heterocycles. The number of anilines is 1. The smallest absolute Gasteiger partial charge is 0.344 e. The van der Waals surface area contributed by atoms with Gasteiger partial charge in [0.2, 0.25) is 0 Å². The number of nitro benzene ring substituents is 1. The third kappa shape index (κ3) is 6.10. The molecule has 0 aromatic heterocycles. The van der Waals surface area contributed by atoms with Crippen molar-refractivity contribution in [3.8, 4) is 5.75 Å². The van der Waals surface area contributed by atoms with Gasteiger partial charge in [-0.15, -0.1) is 0 Å². The molecule has 2 aromatic carbocycles. The molecule has 2 rings (SSSR count). The number of amides is 1. The molecule has 0 bridgehead atoms. The van der Waals surface area contributed by atoms with E-state index < -0.39 is 22.9 Å². The maximum atomic E-state index is 12.0. The second-order valence-corrected chi connectivity index (χ2v) is 5.71. The second-order valence-electron chi connectivity index (χ2n) is 5.71. The van der Waals surface area contributed by atoms with Crippen LogP contribution in [0.15, 0.2) is 48.5 Å². The van der Waals surface area contributed by atoms with Crippen molar-refractivity contribution in [3.63, 3.8) is 0 Å².